The summed E-state index contributed by atoms with van der Waals surface area (Å²) in [7, 11) is 2.16. The first kappa shape index (κ1) is 24.3. The standard InChI is InChI=1S/C39H23N5/c1-42-38-28(18-20-33-35(38)30-11-5-6-13-32(30)43(33)26-9-3-2-4-10-26)29-19-21-34-36(39(29)42)31-12-7-8-25(23-41)37(31)44(34)27-16-14-24(22-40)15-17-27/h2-21H,1H3. The van der Waals surface area contributed by atoms with Gasteiger partial charge in [0.15, 0.2) is 0 Å². The van der Waals surface area contributed by atoms with E-state index in [1.807, 2.05) is 36.4 Å². The van der Waals surface area contributed by atoms with Crippen LogP contribution in [0.15, 0.2) is 121 Å². The largest absolute Gasteiger partial charge is 0.342 e. The van der Waals surface area contributed by atoms with Crippen LogP contribution >= 0.6 is 0 Å². The molecule has 0 bridgehead atoms. The third-order valence-electron chi connectivity index (χ3n) is 9.09. The molecule has 0 unspecified atom stereocenters. The summed E-state index contributed by atoms with van der Waals surface area (Å²) in [6, 6.07) is 46.3. The third kappa shape index (κ3) is 3.05. The molecular formula is C39H23N5. The van der Waals surface area contributed by atoms with E-state index in [0.717, 1.165) is 38.7 Å². The normalized spacial score (nSPS) is 11.7. The summed E-state index contributed by atoms with van der Waals surface area (Å²) in [5.41, 5.74) is 9.82. The van der Waals surface area contributed by atoms with Crippen molar-refractivity contribution in [2.75, 3.05) is 0 Å². The van der Waals surface area contributed by atoms with Gasteiger partial charge in [-0.05, 0) is 60.7 Å². The van der Waals surface area contributed by atoms with Crippen LogP contribution in [0.1, 0.15) is 11.1 Å². The molecule has 204 valence electrons. The summed E-state index contributed by atoms with van der Waals surface area (Å²) in [5.74, 6) is 0. The van der Waals surface area contributed by atoms with Gasteiger partial charge in [-0.3, -0.25) is 0 Å². The predicted octanol–water partition coefficient (Wildman–Crippen LogP) is 9.27. The molecule has 0 N–H and O–H groups in total. The Kier molecular flexibility index (Phi) is 4.89. The molecule has 5 heteroatoms. The predicted molar refractivity (Wildman–Crippen MR) is 179 cm³/mol. The van der Waals surface area contributed by atoms with Gasteiger partial charge in [0.1, 0.15) is 6.07 Å². The van der Waals surface area contributed by atoms with Crippen molar-refractivity contribution in [3.05, 3.63) is 132 Å². The first-order chi connectivity index (χ1) is 21.7. The fourth-order valence-electron chi connectivity index (χ4n) is 7.32. The van der Waals surface area contributed by atoms with Gasteiger partial charge in [0.2, 0.25) is 0 Å². The van der Waals surface area contributed by atoms with Gasteiger partial charge in [0, 0.05) is 50.7 Å². The van der Waals surface area contributed by atoms with Gasteiger partial charge in [-0.2, -0.15) is 10.5 Å². The quantitative estimate of drug-likeness (QED) is 0.211. The Morgan fingerprint density at radius 2 is 1.07 bits per heavy atom. The molecule has 0 saturated heterocycles. The summed E-state index contributed by atoms with van der Waals surface area (Å²) >= 11 is 0. The number of para-hydroxylation sites is 3. The van der Waals surface area contributed by atoms with E-state index in [4.69, 9.17) is 0 Å². The molecule has 3 aromatic heterocycles. The molecule has 5 nitrogen and oxygen atoms in total. The molecule has 9 aromatic rings. The Hall–Kier alpha value is -6.30. The topological polar surface area (TPSA) is 62.4 Å². The smallest absolute Gasteiger partial charge is 0.101 e. The van der Waals surface area contributed by atoms with Crippen molar-refractivity contribution in [2.24, 2.45) is 7.05 Å². The van der Waals surface area contributed by atoms with Crippen LogP contribution < -0.4 is 0 Å². The number of aryl methyl sites for hydroxylation is 1. The Morgan fingerprint density at radius 1 is 0.455 bits per heavy atom. The highest BCUT2D eigenvalue weighted by Gasteiger charge is 2.23. The zero-order chi connectivity index (χ0) is 29.5. The minimum absolute atomic E-state index is 0.602. The Balaban J connectivity index is 1.48. The van der Waals surface area contributed by atoms with Crippen LogP contribution in [0, 0.1) is 22.7 Å². The summed E-state index contributed by atoms with van der Waals surface area (Å²) < 4.78 is 6.87. The lowest BCUT2D eigenvalue weighted by atomic mass is 10.1. The van der Waals surface area contributed by atoms with Crippen LogP contribution in [0.25, 0.3) is 76.8 Å². The van der Waals surface area contributed by atoms with Gasteiger partial charge < -0.3 is 13.7 Å². The van der Waals surface area contributed by atoms with Crippen molar-refractivity contribution in [3.63, 3.8) is 0 Å². The number of aromatic nitrogens is 3. The van der Waals surface area contributed by atoms with E-state index >= 15 is 0 Å². The van der Waals surface area contributed by atoms with Crippen LogP contribution in [0.2, 0.25) is 0 Å². The summed E-state index contributed by atoms with van der Waals surface area (Å²) in [6.07, 6.45) is 0. The fraction of sp³-hybridized carbons (Fsp3) is 0.0256. The van der Waals surface area contributed by atoms with Crippen molar-refractivity contribution in [1.82, 2.24) is 13.7 Å². The number of hydrogen-bond donors (Lipinski definition) is 0. The lowest BCUT2D eigenvalue weighted by Crippen LogP contribution is -1.96. The zero-order valence-electron chi connectivity index (χ0n) is 23.8. The molecule has 9 rings (SSSR count). The average Bonchev–Trinajstić information content (AvgIpc) is 3.70. The third-order valence-corrected chi connectivity index (χ3v) is 9.09. The Labute approximate surface area is 252 Å². The molecule has 0 amide bonds. The molecule has 0 radical (unpaired) electrons. The molecular weight excluding hydrogens is 538 g/mol. The molecule has 3 heterocycles. The molecule has 0 fully saturated rings. The Bertz CT molecular complexity index is 2720. The van der Waals surface area contributed by atoms with Gasteiger partial charge in [0.25, 0.3) is 0 Å². The van der Waals surface area contributed by atoms with Crippen LogP contribution in [0.5, 0.6) is 0 Å². The summed E-state index contributed by atoms with van der Waals surface area (Å²) in [4.78, 5) is 0. The molecule has 0 aliphatic rings. The zero-order valence-corrected chi connectivity index (χ0v) is 23.8. The SMILES string of the molecule is Cn1c2c(ccc3c2c2ccccc2n3-c2ccccc2)c2ccc3c(c4cccc(C#N)c4n3-c3ccc(C#N)cc3)c21. The minimum atomic E-state index is 0.602. The number of nitriles is 2. The van der Waals surface area contributed by atoms with Crippen molar-refractivity contribution in [3.8, 4) is 23.5 Å². The van der Waals surface area contributed by atoms with Gasteiger partial charge in [0.05, 0.1) is 50.3 Å². The molecule has 0 spiro atoms. The van der Waals surface area contributed by atoms with Crippen LogP contribution in [-0.4, -0.2) is 13.7 Å². The Morgan fingerprint density at radius 3 is 1.77 bits per heavy atom. The van der Waals surface area contributed by atoms with Crippen molar-refractivity contribution >= 4 is 65.4 Å². The van der Waals surface area contributed by atoms with E-state index in [1.165, 1.54) is 38.1 Å². The first-order valence-corrected chi connectivity index (χ1v) is 14.6. The maximum Gasteiger partial charge on any atom is 0.101 e. The van der Waals surface area contributed by atoms with Crippen LogP contribution in [0.4, 0.5) is 0 Å². The van der Waals surface area contributed by atoms with Crippen molar-refractivity contribution < 1.29 is 0 Å². The van der Waals surface area contributed by atoms with E-state index in [0.29, 0.717) is 11.1 Å². The highest BCUT2D eigenvalue weighted by Crippen LogP contribution is 2.44. The second-order valence-electron chi connectivity index (χ2n) is 11.3. The monoisotopic (exact) mass is 561 g/mol. The number of rotatable bonds is 2. The second kappa shape index (κ2) is 8.85. The van der Waals surface area contributed by atoms with E-state index in [9.17, 15) is 10.5 Å². The molecule has 0 atom stereocenters. The molecule has 6 aromatic carbocycles. The van der Waals surface area contributed by atoms with Gasteiger partial charge in [-0.15, -0.1) is 0 Å². The lowest BCUT2D eigenvalue weighted by molar-refractivity contribution is 1.02. The summed E-state index contributed by atoms with van der Waals surface area (Å²) in [5, 5.41) is 26.6. The minimum Gasteiger partial charge on any atom is -0.342 e. The van der Waals surface area contributed by atoms with E-state index in [-0.39, 0.29) is 0 Å². The first-order valence-electron chi connectivity index (χ1n) is 14.6. The van der Waals surface area contributed by atoms with E-state index in [1.54, 1.807) is 0 Å². The number of fused-ring (bicyclic) bond motifs is 11. The second-order valence-corrected chi connectivity index (χ2v) is 11.3. The maximum atomic E-state index is 10.2. The lowest BCUT2D eigenvalue weighted by Gasteiger charge is -2.09. The van der Waals surface area contributed by atoms with Crippen LogP contribution in [0.3, 0.4) is 0 Å². The molecule has 0 aliphatic carbocycles. The molecule has 0 saturated carbocycles. The van der Waals surface area contributed by atoms with Gasteiger partial charge in [-0.1, -0.05) is 60.7 Å². The van der Waals surface area contributed by atoms with E-state index < -0.39 is 0 Å². The fourth-order valence-corrected chi connectivity index (χ4v) is 7.32. The van der Waals surface area contributed by atoms with Crippen molar-refractivity contribution in [1.29, 1.82) is 10.5 Å². The summed E-state index contributed by atoms with van der Waals surface area (Å²) in [6.45, 7) is 0. The number of hydrogen-bond acceptors (Lipinski definition) is 2. The van der Waals surface area contributed by atoms with Gasteiger partial charge >= 0.3 is 0 Å². The highest BCUT2D eigenvalue weighted by atomic mass is 15.0. The highest BCUT2D eigenvalue weighted by molar-refractivity contribution is 6.31. The number of benzene rings is 6. The molecule has 44 heavy (non-hydrogen) atoms. The van der Waals surface area contributed by atoms with Gasteiger partial charge in [-0.25, -0.2) is 0 Å². The van der Waals surface area contributed by atoms with E-state index in [2.05, 4.69) is 118 Å². The van der Waals surface area contributed by atoms with Crippen molar-refractivity contribution in [2.45, 2.75) is 0 Å². The molecule has 0 aliphatic heterocycles. The number of nitrogens with zero attached hydrogens (tertiary/aromatic N) is 5. The average molecular weight is 562 g/mol. The maximum absolute atomic E-state index is 10.2. The van der Waals surface area contributed by atoms with Crippen LogP contribution in [-0.2, 0) is 7.05 Å².